The molecular weight excluding hydrogens is 382 g/mol. The summed E-state index contributed by atoms with van der Waals surface area (Å²) in [6.45, 7) is 3.28. The van der Waals surface area contributed by atoms with Crippen LogP contribution in [0.3, 0.4) is 0 Å². The van der Waals surface area contributed by atoms with E-state index in [2.05, 4.69) is 20.7 Å². The fourth-order valence-corrected chi connectivity index (χ4v) is 2.16. The molecule has 7 N–H and O–H groups in total. The van der Waals surface area contributed by atoms with Gasteiger partial charge in [0.25, 0.3) is 6.47 Å². The number of benzene rings is 1. The lowest BCUT2D eigenvalue weighted by molar-refractivity contribution is -0.131. The van der Waals surface area contributed by atoms with Crippen molar-refractivity contribution in [3.05, 3.63) is 29.8 Å². The van der Waals surface area contributed by atoms with E-state index in [0.717, 1.165) is 0 Å². The Hall–Kier alpha value is -3.47. The van der Waals surface area contributed by atoms with Gasteiger partial charge in [-0.05, 0) is 31.5 Å². The molecule has 0 saturated heterocycles. The van der Waals surface area contributed by atoms with Crippen molar-refractivity contribution >= 4 is 35.8 Å². The lowest BCUT2D eigenvalue weighted by atomic mass is 10.1. The minimum atomic E-state index is -1.24. The van der Waals surface area contributed by atoms with Gasteiger partial charge in [-0.1, -0.05) is 12.1 Å². The van der Waals surface area contributed by atoms with Crippen LogP contribution in [-0.2, 0) is 35.3 Å². The zero-order valence-electron chi connectivity index (χ0n) is 16.1. The van der Waals surface area contributed by atoms with E-state index in [1.165, 1.54) is 13.8 Å². The Kier molecular flexibility index (Phi) is 9.26. The summed E-state index contributed by atoms with van der Waals surface area (Å²) in [7, 11) is 0. The fraction of sp³-hybridized carbons (Fsp3) is 0.389. The maximum Gasteiger partial charge on any atom is 0.293 e. The van der Waals surface area contributed by atoms with Gasteiger partial charge in [0.15, 0.2) is 0 Å². The van der Waals surface area contributed by atoms with E-state index in [1.807, 2.05) is 0 Å². The monoisotopic (exact) mass is 407 g/mol. The average molecular weight is 407 g/mol. The van der Waals surface area contributed by atoms with E-state index >= 15 is 0 Å². The second-order valence-electron chi connectivity index (χ2n) is 6.34. The molecule has 29 heavy (non-hydrogen) atoms. The van der Waals surface area contributed by atoms with Gasteiger partial charge < -0.3 is 32.2 Å². The van der Waals surface area contributed by atoms with Crippen molar-refractivity contribution in [3.8, 4) is 0 Å². The smallest absolute Gasteiger partial charge is 0.293 e. The summed E-state index contributed by atoms with van der Waals surface area (Å²) < 4.78 is 4.63. The van der Waals surface area contributed by atoms with Crippen LogP contribution in [0.5, 0.6) is 0 Å². The predicted molar refractivity (Wildman–Crippen MR) is 103 cm³/mol. The maximum atomic E-state index is 12.5. The van der Waals surface area contributed by atoms with Crippen molar-refractivity contribution in [2.24, 2.45) is 11.5 Å². The Balaban J connectivity index is 2.76. The van der Waals surface area contributed by atoms with Crippen LogP contribution in [-0.4, -0.2) is 48.2 Å². The first kappa shape index (κ1) is 23.6. The number of hydrogen-bond acceptors (Lipinski definition) is 7. The number of carbonyl (C=O) groups excluding carboxylic acids is 5. The molecular formula is C18H25N5O6. The van der Waals surface area contributed by atoms with Crippen LogP contribution in [0, 0.1) is 0 Å². The number of anilines is 1. The van der Waals surface area contributed by atoms with Crippen molar-refractivity contribution in [2.75, 3.05) is 5.32 Å². The van der Waals surface area contributed by atoms with E-state index in [4.69, 9.17) is 11.5 Å². The minimum absolute atomic E-state index is 0.0864. The molecule has 158 valence electrons. The Morgan fingerprint density at radius 3 is 2.17 bits per heavy atom. The maximum absolute atomic E-state index is 12.5. The van der Waals surface area contributed by atoms with Gasteiger partial charge in [-0.3, -0.25) is 24.0 Å². The van der Waals surface area contributed by atoms with E-state index in [-0.39, 0.29) is 6.61 Å². The Labute approximate surface area is 167 Å². The second kappa shape index (κ2) is 11.4. The number of carbonyl (C=O) groups is 5. The van der Waals surface area contributed by atoms with Crippen LogP contribution >= 0.6 is 0 Å². The van der Waals surface area contributed by atoms with Gasteiger partial charge in [0, 0.05) is 5.69 Å². The largest absolute Gasteiger partial charge is 0.463 e. The minimum Gasteiger partial charge on any atom is -0.463 e. The van der Waals surface area contributed by atoms with Gasteiger partial charge in [0.2, 0.25) is 23.6 Å². The molecule has 0 saturated carbocycles. The first-order chi connectivity index (χ1) is 13.6. The molecule has 11 nitrogen and oxygen atoms in total. The summed E-state index contributed by atoms with van der Waals surface area (Å²) in [4.78, 5) is 57.8. The van der Waals surface area contributed by atoms with Gasteiger partial charge in [-0.2, -0.15) is 0 Å². The van der Waals surface area contributed by atoms with Gasteiger partial charge in [0.1, 0.15) is 18.7 Å². The summed E-state index contributed by atoms with van der Waals surface area (Å²) >= 11 is 0. The highest BCUT2D eigenvalue weighted by molar-refractivity contribution is 6.00. The van der Waals surface area contributed by atoms with Crippen LogP contribution in [0.25, 0.3) is 0 Å². The molecule has 1 aromatic rings. The Morgan fingerprint density at radius 1 is 1.03 bits per heavy atom. The van der Waals surface area contributed by atoms with Gasteiger partial charge in [-0.25, -0.2) is 0 Å². The molecule has 0 aliphatic heterocycles. The van der Waals surface area contributed by atoms with Crippen LogP contribution in [0.4, 0.5) is 5.69 Å². The van der Waals surface area contributed by atoms with Crippen molar-refractivity contribution in [3.63, 3.8) is 0 Å². The number of amides is 4. The van der Waals surface area contributed by atoms with E-state index in [1.54, 1.807) is 24.3 Å². The van der Waals surface area contributed by atoms with E-state index in [0.29, 0.717) is 17.7 Å². The zero-order chi connectivity index (χ0) is 22.0. The molecule has 0 fully saturated rings. The Bertz CT molecular complexity index is 750. The lowest BCUT2D eigenvalue weighted by Crippen LogP contribution is -2.54. The topological polar surface area (TPSA) is 183 Å². The number of rotatable bonds is 11. The molecule has 0 aromatic heterocycles. The standard InChI is InChI=1S/C18H25N5O6/c1-10(19)16(26)21-11(2)17(27)23-14(7-15(20)25)18(28)22-13-5-3-12(4-6-13)8-29-9-24/h3-6,9-11,14H,7-8,19H2,1-2H3,(H2,20,25)(H,21,26)(H,22,28)(H,23,27)/t10-,11?,14-/m0/s1. The third kappa shape index (κ3) is 8.39. The third-order valence-electron chi connectivity index (χ3n) is 3.74. The molecule has 0 spiro atoms. The van der Waals surface area contributed by atoms with Crippen molar-refractivity contribution in [1.29, 1.82) is 0 Å². The van der Waals surface area contributed by atoms with Crippen LogP contribution < -0.4 is 27.4 Å². The summed E-state index contributed by atoms with van der Waals surface area (Å²) in [5.74, 6) is -2.68. The molecule has 1 unspecified atom stereocenters. The third-order valence-corrected chi connectivity index (χ3v) is 3.74. The molecule has 1 aromatic carbocycles. The Morgan fingerprint density at radius 2 is 1.66 bits per heavy atom. The molecule has 0 bridgehead atoms. The van der Waals surface area contributed by atoms with E-state index in [9.17, 15) is 24.0 Å². The molecule has 11 heteroatoms. The van der Waals surface area contributed by atoms with E-state index < -0.39 is 48.2 Å². The molecule has 0 heterocycles. The molecule has 0 aliphatic carbocycles. The molecule has 3 atom stereocenters. The van der Waals surface area contributed by atoms with Gasteiger partial charge >= 0.3 is 0 Å². The lowest BCUT2D eigenvalue weighted by Gasteiger charge is -2.21. The van der Waals surface area contributed by atoms with Crippen LogP contribution in [0.2, 0.25) is 0 Å². The van der Waals surface area contributed by atoms with Crippen molar-refractivity contribution in [2.45, 2.75) is 45.0 Å². The quantitative estimate of drug-likeness (QED) is 0.277. The van der Waals surface area contributed by atoms with Crippen molar-refractivity contribution < 1.29 is 28.7 Å². The fourth-order valence-electron chi connectivity index (χ4n) is 2.16. The highest BCUT2D eigenvalue weighted by atomic mass is 16.5. The SMILES string of the molecule is CC(NC(=O)[C@H](C)N)C(=O)N[C@@H](CC(N)=O)C(=O)Nc1ccc(COC=O)cc1. The number of ether oxygens (including phenoxy) is 1. The number of hydrogen-bond donors (Lipinski definition) is 5. The normalized spacial score (nSPS) is 13.3. The first-order valence-electron chi connectivity index (χ1n) is 8.73. The highest BCUT2D eigenvalue weighted by Gasteiger charge is 2.26. The van der Waals surface area contributed by atoms with Crippen molar-refractivity contribution in [1.82, 2.24) is 10.6 Å². The second-order valence-corrected chi connectivity index (χ2v) is 6.34. The van der Waals surface area contributed by atoms with Crippen LogP contribution in [0.15, 0.2) is 24.3 Å². The van der Waals surface area contributed by atoms with Crippen LogP contribution in [0.1, 0.15) is 25.8 Å². The molecule has 1 rings (SSSR count). The highest BCUT2D eigenvalue weighted by Crippen LogP contribution is 2.11. The van der Waals surface area contributed by atoms with Gasteiger partial charge in [-0.15, -0.1) is 0 Å². The molecule has 0 radical (unpaired) electrons. The van der Waals surface area contributed by atoms with Gasteiger partial charge in [0.05, 0.1) is 12.5 Å². The molecule has 0 aliphatic rings. The number of primary amides is 1. The average Bonchev–Trinajstić information content (AvgIpc) is 2.66. The summed E-state index contributed by atoms with van der Waals surface area (Å²) in [6, 6.07) is 3.36. The molecule has 4 amide bonds. The predicted octanol–water partition coefficient (Wildman–Crippen LogP) is -1.49. The summed E-state index contributed by atoms with van der Waals surface area (Å²) in [5.41, 5.74) is 11.7. The first-order valence-corrected chi connectivity index (χ1v) is 8.73. The number of nitrogens with two attached hydrogens (primary N) is 2. The zero-order valence-corrected chi connectivity index (χ0v) is 16.1. The summed E-state index contributed by atoms with van der Waals surface area (Å²) in [5, 5.41) is 7.33. The summed E-state index contributed by atoms with van der Waals surface area (Å²) in [6.07, 6.45) is -0.434. The number of nitrogens with one attached hydrogen (secondary N) is 3.